The zero-order chi connectivity index (χ0) is 6.97. The summed E-state index contributed by atoms with van der Waals surface area (Å²) in [5.74, 6) is 0. The van der Waals surface area contributed by atoms with Gasteiger partial charge in [0.25, 0.3) is 0 Å². The van der Waals surface area contributed by atoms with Crippen LogP contribution in [-0.2, 0) is 7.05 Å². The summed E-state index contributed by atoms with van der Waals surface area (Å²) in [6.07, 6.45) is 3.69. The zero-order valence-corrected chi connectivity index (χ0v) is 5.65. The van der Waals surface area contributed by atoms with Crippen molar-refractivity contribution in [3.63, 3.8) is 0 Å². The second-order valence-corrected chi connectivity index (χ2v) is 2.22. The smallest absolute Gasteiger partial charge is 0.181 e. The monoisotopic (exact) mass is 133 g/mol. The minimum atomic E-state index is 0.810. The first-order valence-electron chi connectivity index (χ1n) is 3.10. The van der Waals surface area contributed by atoms with Crippen molar-refractivity contribution in [3.05, 3.63) is 24.5 Å². The van der Waals surface area contributed by atoms with Gasteiger partial charge in [-0.3, -0.25) is 4.68 Å². The summed E-state index contributed by atoms with van der Waals surface area (Å²) in [5, 5.41) is 5.21. The molecule has 0 spiro atoms. The van der Waals surface area contributed by atoms with Crippen LogP contribution in [0.1, 0.15) is 0 Å². The molecular weight excluding hydrogens is 126 g/mol. The minimum absolute atomic E-state index is 0.810. The van der Waals surface area contributed by atoms with Crippen LogP contribution in [-0.4, -0.2) is 14.8 Å². The van der Waals surface area contributed by atoms with Crippen molar-refractivity contribution in [1.82, 2.24) is 14.8 Å². The number of pyridine rings is 1. The molecule has 0 aliphatic carbocycles. The predicted molar refractivity (Wildman–Crippen MR) is 38.5 cm³/mol. The first-order valence-corrected chi connectivity index (χ1v) is 3.10. The molecule has 3 heteroatoms. The van der Waals surface area contributed by atoms with Gasteiger partial charge in [-0.1, -0.05) is 0 Å². The van der Waals surface area contributed by atoms with E-state index in [0.29, 0.717) is 0 Å². The van der Waals surface area contributed by atoms with Crippen LogP contribution in [0.15, 0.2) is 24.5 Å². The van der Waals surface area contributed by atoms with Crippen LogP contribution in [0.25, 0.3) is 11.0 Å². The lowest BCUT2D eigenvalue weighted by atomic mass is 10.4. The maximum atomic E-state index is 4.12. The maximum Gasteiger partial charge on any atom is 0.181 e. The van der Waals surface area contributed by atoms with Crippen molar-refractivity contribution < 1.29 is 0 Å². The summed E-state index contributed by atoms with van der Waals surface area (Å²) < 4.78 is 1.76. The van der Waals surface area contributed by atoms with Crippen LogP contribution in [0.4, 0.5) is 0 Å². The fraction of sp³-hybridized carbons (Fsp3) is 0.143. The molecule has 2 aromatic rings. The highest BCUT2D eigenvalue weighted by molar-refractivity contribution is 5.73. The lowest BCUT2D eigenvalue weighted by Gasteiger charge is -1.80. The van der Waals surface area contributed by atoms with E-state index in [0.717, 1.165) is 11.0 Å². The summed E-state index contributed by atoms with van der Waals surface area (Å²) in [4.78, 5) is 4.07. The highest BCUT2D eigenvalue weighted by atomic mass is 15.3. The lowest BCUT2D eigenvalue weighted by Crippen LogP contribution is -1.85. The molecule has 0 aliphatic rings. The number of hydrogen-bond acceptors (Lipinski definition) is 2. The summed E-state index contributed by atoms with van der Waals surface area (Å²) in [6, 6.07) is 3.90. The van der Waals surface area contributed by atoms with Gasteiger partial charge in [0.1, 0.15) is 0 Å². The van der Waals surface area contributed by atoms with Gasteiger partial charge in [0.15, 0.2) is 5.65 Å². The molecule has 0 amide bonds. The number of hydrogen-bond donors (Lipinski definition) is 0. The van der Waals surface area contributed by atoms with Gasteiger partial charge >= 0.3 is 0 Å². The molecule has 2 aromatic heterocycles. The van der Waals surface area contributed by atoms with Gasteiger partial charge in [0.05, 0.1) is 0 Å². The van der Waals surface area contributed by atoms with Crippen LogP contribution in [0, 0.1) is 0 Å². The van der Waals surface area contributed by atoms with Crippen molar-refractivity contribution in [2.75, 3.05) is 0 Å². The highest BCUT2D eigenvalue weighted by Gasteiger charge is 1.94. The molecule has 0 saturated heterocycles. The molecule has 0 bridgehead atoms. The van der Waals surface area contributed by atoms with Gasteiger partial charge < -0.3 is 0 Å². The first kappa shape index (κ1) is 5.41. The van der Waals surface area contributed by atoms with Crippen molar-refractivity contribution in [3.8, 4) is 0 Å². The Kier molecular flexibility index (Phi) is 0.974. The van der Waals surface area contributed by atoms with E-state index in [1.54, 1.807) is 10.9 Å². The van der Waals surface area contributed by atoms with E-state index in [1.165, 1.54) is 0 Å². The lowest BCUT2D eigenvalue weighted by molar-refractivity contribution is 0.776. The largest absolute Gasteiger partial charge is 0.273 e. The summed E-state index contributed by atoms with van der Waals surface area (Å²) in [6.45, 7) is 0. The number of aromatic nitrogens is 3. The van der Waals surface area contributed by atoms with Crippen molar-refractivity contribution >= 4 is 11.0 Å². The molecule has 3 nitrogen and oxygen atoms in total. The molecule has 0 radical (unpaired) electrons. The third-order valence-corrected chi connectivity index (χ3v) is 1.40. The van der Waals surface area contributed by atoms with Crippen molar-refractivity contribution in [2.45, 2.75) is 0 Å². The summed E-state index contributed by atoms with van der Waals surface area (Å²) in [5.41, 5.74) is 0.810. The Balaban J connectivity index is 2.88. The fourth-order valence-corrected chi connectivity index (χ4v) is 0.973. The average molecular weight is 133 g/mol. The van der Waals surface area contributed by atoms with Crippen LogP contribution < -0.4 is 0 Å². The topological polar surface area (TPSA) is 30.7 Å². The predicted octanol–water partition coefficient (Wildman–Crippen LogP) is 0.968. The van der Waals surface area contributed by atoms with Crippen LogP contribution >= 0.6 is 0 Å². The fourth-order valence-electron chi connectivity index (χ4n) is 0.973. The Labute approximate surface area is 58.3 Å². The molecule has 2 heterocycles. The first-order chi connectivity index (χ1) is 4.86. The molecule has 0 aromatic carbocycles. The van der Waals surface area contributed by atoms with Gasteiger partial charge in [0.2, 0.25) is 0 Å². The van der Waals surface area contributed by atoms with E-state index in [2.05, 4.69) is 10.1 Å². The number of rotatable bonds is 0. The van der Waals surface area contributed by atoms with Crippen LogP contribution in [0.2, 0.25) is 0 Å². The van der Waals surface area contributed by atoms with Crippen LogP contribution in [0.3, 0.4) is 0 Å². The van der Waals surface area contributed by atoms with Gasteiger partial charge in [-0.25, -0.2) is 4.98 Å². The zero-order valence-electron chi connectivity index (χ0n) is 5.65. The Morgan fingerprint density at radius 3 is 3.20 bits per heavy atom. The maximum absolute atomic E-state index is 4.12. The molecule has 0 fully saturated rings. The molecule has 0 aliphatic heterocycles. The normalized spacial score (nSPS) is 10.5. The van der Waals surface area contributed by atoms with E-state index in [4.69, 9.17) is 0 Å². The van der Waals surface area contributed by atoms with E-state index >= 15 is 0 Å². The molecule has 50 valence electrons. The van der Waals surface area contributed by atoms with Crippen LogP contribution in [0.5, 0.6) is 0 Å². The number of nitrogens with zero attached hydrogens (tertiary/aromatic N) is 3. The molecule has 10 heavy (non-hydrogen) atoms. The number of fused-ring (bicyclic) bond motifs is 1. The van der Waals surface area contributed by atoms with E-state index in [-0.39, 0.29) is 0 Å². The van der Waals surface area contributed by atoms with Gasteiger partial charge in [-0.2, -0.15) is 5.10 Å². The molecule has 0 unspecified atom stereocenters. The molecule has 0 atom stereocenters. The summed E-state index contributed by atoms with van der Waals surface area (Å²) in [7, 11) is 1.89. The standard InChI is InChI=1S/C7H7N3/c1-10-5-6-3-2-4-8-7(6)9-10/h2-5H,1H3. The second kappa shape index (κ2) is 1.80. The second-order valence-electron chi connectivity index (χ2n) is 2.22. The average Bonchev–Trinajstić information content (AvgIpc) is 2.27. The number of aryl methyl sites for hydroxylation is 1. The Morgan fingerprint density at radius 1 is 1.50 bits per heavy atom. The van der Waals surface area contributed by atoms with E-state index in [9.17, 15) is 0 Å². The SMILES string of the molecule is Cn1cc2cccnc2n1. The Bertz CT molecular complexity index is 317. The summed E-state index contributed by atoms with van der Waals surface area (Å²) >= 11 is 0. The van der Waals surface area contributed by atoms with Crippen molar-refractivity contribution in [1.29, 1.82) is 0 Å². The highest BCUT2D eigenvalue weighted by Crippen LogP contribution is 2.05. The Hall–Kier alpha value is -1.38. The van der Waals surface area contributed by atoms with E-state index in [1.807, 2.05) is 25.4 Å². The minimum Gasteiger partial charge on any atom is -0.273 e. The third kappa shape index (κ3) is 0.673. The van der Waals surface area contributed by atoms with Crippen molar-refractivity contribution in [2.24, 2.45) is 7.05 Å². The van der Waals surface area contributed by atoms with Gasteiger partial charge in [0, 0.05) is 24.8 Å². The van der Waals surface area contributed by atoms with E-state index < -0.39 is 0 Å². The van der Waals surface area contributed by atoms with Gasteiger partial charge in [-0.15, -0.1) is 0 Å². The molecule has 0 N–H and O–H groups in total. The van der Waals surface area contributed by atoms with Gasteiger partial charge in [-0.05, 0) is 12.1 Å². The third-order valence-electron chi connectivity index (χ3n) is 1.40. The quantitative estimate of drug-likeness (QED) is 0.536. The Morgan fingerprint density at radius 2 is 2.40 bits per heavy atom. The molecule has 0 saturated carbocycles. The molecule has 2 rings (SSSR count). The molecular formula is C7H7N3.